The van der Waals surface area contributed by atoms with Crippen LogP contribution in [0.3, 0.4) is 0 Å². The summed E-state index contributed by atoms with van der Waals surface area (Å²) < 4.78 is 34.9. The molecule has 0 radical (unpaired) electrons. The zero-order valence-electron chi connectivity index (χ0n) is 25.0. The van der Waals surface area contributed by atoms with Gasteiger partial charge in [0.05, 0.1) is 22.4 Å². The first-order valence-electron chi connectivity index (χ1n) is 14.7. The molecule has 11 heteroatoms. The van der Waals surface area contributed by atoms with Crippen molar-refractivity contribution < 1.29 is 17.6 Å². The summed E-state index contributed by atoms with van der Waals surface area (Å²) in [5.74, 6) is 0.0800. The van der Waals surface area contributed by atoms with Crippen LogP contribution < -0.4 is 10.3 Å². The van der Waals surface area contributed by atoms with Crippen molar-refractivity contribution in [3.8, 4) is 11.1 Å². The second-order valence-electron chi connectivity index (χ2n) is 11.2. The summed E-state index contributed by atoms with van der Waals surface area (Å²) in [4.78, 5) is 30.9. The average molecular weight is 708 g/mol. The van der Waals surface area contributed by atoms with Crippen LogP contribution in [0.25, 0.3) is 22.0 Å². The molecule has 2 aromatic heterocycles. The zero-order valence-corrected chi connectivity index (χ0v) is 27.4. The van der Waals surface area contributed by atoms with E-state index in [2.05, 4.69) is 25.6 Å². The first-order valence-corrected chi connectivity index (χ1v) is 17.0. The summed E-state index contributed by atoms with van der Waals surface area (Å²) in [6, 6.07) is 30.8. The molecule has 0 spiro atoms. The third kappa shape index (κ3) is 5.91. The van der Waals surface area contributed by atoms with E-state index in [1.807, 2.05) is 55.5 Å². The number of nitrogens with one attached hydrogen (secondary N) is 2. The average Bonchev–Trinajstić information content (AvgIpc) is 3.76. The third-order valence-electron chi connectivity index (χ3n) is 8.03. The molecule has 234 valence electrons. The number of nitrogens with zero attached hydrogens (tertiary/aromatic N) is 2. The number of rotatable bonds is 7. The van der Waals surface area contributed by atoms with Crippen LogP contribution >= 0.6 is 15.9 Å². The number of halogens is 1. The van der Waals surface area contributed by atoms with Crippen molar-refractivity contribution in [1.29, 1.82) is 0 Å². The number of aromatic nitrogens is 1. The zero-order chi connectivity index (χ0) is 32.7. The van der Waals surface area contributed by atoms with Gasteiger partial charge in [-0.1, -0.05) is 64.0 Å². The lowest BCUT2D eigenvalue weighted by Crippen LogP contribution is -2.26. The number of hydrogen-bond donors (Lipinski definition) is 2. The number of anilines is 1. The van der Waals surface area contributed by atoms with E-state index in [1.54, 1.807) is 24.3 Å². The fourth-order valence-electron chi connectivity index (χ4n) is 5.74. The van der Waals surface area contributed by atoms with Crippen molar-refractivity contribution in [3.63, 3.8) is 0 Å². The van der Waals surface area contributed by atoms with Gasteiger partial charge >= 0.3 is 0 Å². The number of pyridine rings is 1. The Morgan fingerprint density at radius 1 is 0.936 bits per heavy atom. The number of fused-ring (bicyclic) bond motifs is 1. The van der Waals surface area contributed by atoms with Gasteiger partial charge < -0.3 is 9.40 Å². The molecular weight excluding hydrogens is 680 g/mol. The van der Waals surface area contributed by atoms with Crippen molar-refractivity contribution in [3.05, 3.63) is 153 Å². The Morgan fingerprint density at radius 2 is 1.68 bits per heavy atom. The molecule has 0 fully saturated rings. The fraction of sp³-hybridized carbons (Fsp3) is 0.0833. The monoisotopic (exact) mass is 706 g/mol. The second kappa shape index (κ2) is 12.2. The van der Waals surface area contributed by atoms with Crippen molar-refractivity contribution >= 4 is 54.2 Å². The minimum absolute atomic E-state index is 0.134. The van der Waals surface area contributed by atoms with Crippen molar-refractivity contribution in [2.75, 3.05) is 4.72 Å². The SMILES string of the molecule is Cc1ccc(S(=O)(=O)Nc2ccc(C(=O)N3N=C(c4c(-c5ccccc5)c5cc(Br)ccc5[nH]c4=O)C[C@@H]3c3ccco3)cc2)cc1. The molecule has 1 aliphatic heterocycles. The summed E-state index contributed by atoms with van der Waals surface area (Å²) in [5.41, 5.74) is 4.23. The van der Waals surface area contributed by atoms with E-state index in [9.17, 15) is 18.0 Å². The number of carbonyl (C=O) groups is 1. The predicted octanol–water partition coefficient (Wildman–Crippen LogP) is 7.65. The van der Waals surface area contributed by atoms with E-state index in [4.69, 9.17) is 9.52 Å². The van der Waals surface area contributed by atoms with Crippen LogP contribution in [0, 0.1) is 6.92 Å². The normalized spacial score (nSPS) is 14.7. The summed E-state index contributed by atoms with van der Waals surface area (Å²) in [6.07, 6.45) is 1.76. The summed E-state index contributed by atoms with van der Waals surface area (Å²) >= 11 is 3.57. The molecular formula is C36H27BrN4O5S. The molecule has 47 heavy (non-hydrogen) atoms. The van der Waals surface area contributed by atoms with Crippen LogP contribution in [0.1, 0.15) is 39.7 Å². The maximum atomic E-state index is 14.0. The number of hydrogen-bond acceptors (Lipinski definition) is 6. The molecule has 1 atom stereocenters. The van der Waals surface area contributed by atoms with Crippen molar-refractivity contribution in [2.45, 2.75) is 24.3 Å². The maximum absolute atomic E-state index is 14.0. The van der Waals surface area contributed by atoms with E-state index in [0.717, 1.165) is 21.0 Å². The van der Waals surface area contributed by atoms with Crippen LogP contribution in [-0.2, 0) is 10.0 Å². The quantitative estimate of drug-likeness (QED) is 0.176. The predicted molar refractivity (Wildman–Crippen MR) is 185 cm³/mol. The topological polar surface area (TPSA) is 125 Å². The summed E-state index contributed by atoms with van der Waals surface area (Å²) in [6.45, 7) is 1.88. The highest BCUT2D eigenvalue weighted by molar-refractivity contribution is 9.10. The lowest BCUT2D eigenvalue weighted by atomic mass is 9.92. The maximum Gasteiger partial charge on any atom is 0.274 e. The van der Waals surface area contributed by atoms with Crippen LogP contribution in [-0.4, -0.2) is 30.0 Å². The molecule has 1 amide bonds. The van der Waals surface area contributed by atoms with Crippen LogP contribution in [0.5, 0.6) is 0 Å². The molecule has 2 N–H and O–H groups in total. The summed E-state index contributed by atoms with van der Waals surface area (Å²) in [7, 11) is -3.82. The van der Waals surface area contributed by atoms with Crippen LogP contribution in [0.4, 0.5) is 5.69 Å². The smallest absolute Gasteiger partial charge is 0.274 e. The first kappa shape index (κ1) is 30.4. The Balaban J connectivity index is 1.27. The number of H-pyrrole nitrogens is 1. The lowest BCUT2D eigenvalue weighted by Gasteiger charge is -2.20. The van der Waals surface area contributed by atoms with Gasteiger partial charge in [0.2, 0.25) is 0 Å². The van der Waals surface area contributed by atoms with Gasteiger partial charge in [0.25, 0.3) is 21.5 Å². The van der Waals surface area contributed by atoms with Gasteiger partial charge in [0.1, 0.15) is 11.8 Å². The number of amides is 1. The molecule has 3 heterocycles. The Bertz CT molecular complexity index is 2320. The number of furan rings is 1. The van der Waals surface area contributed by atoms with E-state index in [0.29, 0.717) is 33.8 Å². The van der Waals surface area contributed by atoms with Crippen molar-refractivity contribution in [1.82, 2.24) is 9.99 Å². The molecule has 0 unspecified atom stereocenters. The third-order valence-corrected chi connectivity index (χ3v) is 9.92. The minimum atomic E-state index is -3.82. The largest absolute Gasteiger partial charge is 0.467 e. The van der Waals surface area contributed by atoms with Gasteiger partial charge in [-0.25, -0.2) is 13.4 Å². The Morgan fingerprint density at radius 3 is 2.38 bits per heavy atom. The van der Waals surface area contributed by atoms with Gasteiger partial charge in [-0.3, -0.25) is 14.3 Å². The number of aryl methyl sites for hydroxylation is 1. The Hall–Kier alpha value is -5.26. The Labute approximate surface area is 278 Å². The molecule has 9 nitrogen and oxygen atoms in total. The lowest BCUT2D eigenvalue weighted by molar-refractivity contribution is 0.0693. The highest BCUT2D eigenvalue weighted by Gasteiger charge is 2.37. The molecule has 7 rings (SSSR count). The first-order chi connectivity index (χ1) is 22.7. The number of benzene rings is 4. The van der Waals surface area contributed by atoms with Gasteiger partial charge in [0.15, 0.2) is 0 Å². The van der Waals surface area contributed by atoms with E-state index < -0.39 is 22.0 Å². The molecule has 0 bridgehead atoms. The minimum Gasteiger partial charge on any atom is -0.467 e. The van der Waals surface area contributed by atoms with Crippen molar-refractivity contribution in [2.24, 2.45) is 5.10 Å². The van der Waals surface area contributed by atoms with Gasteiger partial charge in [-0.05, 0) is 79.2 Å². The number of sulfonamides is 1. The highest BCUT2D eigenvalue weighted by Crippen LogP contribution is 2.38. The number of hydrazone groups is 1. The molecule has 0 aliphatic carbocycles. The molecule has 4 aromatic carbocycles. The number of carbonyl (C=O) groups excluding carboxylic acids is 1. The van der Waals surface area contributed by atoms with E-state index in [1.165, 1.54) is 47.7 Å². The van der Waals surface area contributed by atoms with Gasteiger partial charge in [0, 0.05) is 38.6 Å². The molecule has 1 aliphatic rings. The molecule has 0 saturated carbocycles. The molecule has 0 saturated heterocycles. The van der Waals surface area contributed by atoms with E-state index >= 15 is 0 Å². The van der Waals surface area contributed by atoms with Gasteiger partial charge in [-0.2, -0.15) is 5.10 Å². The second-order valence-corrected chi connectivity index (χ2v) is 13.8. The van der Waals surface area contributed by atoms with Gasteiger partial charge in [-0.15, -0.1) is 0 Å². The fourth-order valence-corrected chi connectivity index (χ4v) is 7.16. The summed E-state index contributed by atoms with van der Waals surface area (Å²) in [5, 5.41) is 6.93. The van der Waals surface area contributed by atoms with Crippen LogP contribution in [0.15, 0.2) is 139 Å². The van der Waals surface area contributed by atoms with Crippen LogP contribution in [0.2, 0.25) is 0 Å². The number of aromatic amines is 1. The Kier molecular flexibility index (Phi) is 7.86. The van der Waals surface area contributed by atoms with E-state index in [-0.39, 0.29) is 22.4 Å². The highest BCUT2D eigenvalue weighted by atomic mass is 79.9. The molecule has 6 aromatic rings. The standard InChI is InChI=1S/C36H27BrN4O5S/c1-22-9-16-27(17-10-22)47(44,45)40-26-14-11-24(12-15-26)36(43)41-31(32-8-5-19-46-32)21-30(39-41)34-33(23-6-3-2-4-7-23)28-20-25(37)13-18-29(28)38-35(34)42/h2-20,31,40H,21H2,1H3,(H,38,42)/t31-/m1/s1.